The van der Waals surface area contributed by atoms with E-state index in [1.807, 2.05) is 23.6 Å². The third-order valence-electron chi connectivity index (χ3n) is 2.08. The minimum absolute atomic E-state index is 0.600. The third kappa shape index (κ3) is 2.13. The Balaban J connectivity index is 2.53. The van der Waals surface area contributed by atoms with Crippen LogP contribution in [0.15, 0.2) is 24.5 Å². The summed E-state index contributed by atoms with van der Waals surface area (Å²) in [6.07, 6.45) is 1.68. The molecule has 1 aromatic heterocycles. The quantitative estimate of drug-likeness (QED) is 0.809. The molecule has 0 aliphatic carbocycles. The maximum atomic E-state index is 5.92. The van der Waals surface area contributed by atoms with E-state index in [1.54, 1.807) is 12.4 Å². The van der Waals surface area contributed by atoms with Gasteiger partial charge in [0.05, 0.1) is 0 Å². The number of aromatic nitrogens is 3. The van der Waals surface area contributed by atoms with Crippen LogP contribution >= 0.6 is 23.2 Å². The standard InChI is InChI=1S/C10H9Cl2N3/c1-2-15-6-13-14-10(15)7-3-8(11)5-9(12)4-7/h3-6H,2H2,1H3. The Morgan fingerprint density at radius 1 is 1.20 bits per heavy atom. The van der Waals surface area contributed by atoms with Crippen molar-refractivity contribution in [3.05, 3.63) is 34.6 Å². The molecule has 2 rings (SSSR count). The van der Waals surface area contributed by atoms with Crippen molar-refractivity contribution in [2.75, 3.05) is 0 Å². The van der Waals surface area contributed by atoms with Gasteiger partial charge in [0.2, 0.25) is 0 Å². The maximum absolute atomic E-state index is 5.92. The van der Waals surface area contributed by atoms with E-state index in [0.717, 1.165) is 17.9 Å². The molecule has 0 saturated heterocycles. The van der Waals surface area contributed by atoms with Crippen molar-refractivity contribution < 1.29 is 0 Å². The average Bonchev–Trinajstić information content (AvgIpc) is 2.63. The van der Waals surface area contributed by atoms with E-state index < -0.39 is 0 Å². The normalized spacial score (nSPS) is 10.6. The molecule has 0 fully saturated rings. The predicted molar refractivity (Wildman–Crippen MR) is 61.2 cm³/mol. The topological polar surface area (TPSA) is 30.7 Å². The predicted octanol–water partition coefficient (Wildman–Crippen LogP) is 3.27. The zero-order chi connectivity index (χ0) is 10.8. The van der Waals surface area contributed by atoms with Gasteiger partial charge in [-0.05, 0) is 25.1 Å². The van der Waals surface area contributed by atoms with Crippen LogP contribution in [0.25, 0.3) is 11.4 Å². The highest BCUT2D eigenvalue weighted by molar-refractivity contribution is 6.35. The molecule has 78 valence electrons. The van der Waals surface area contributed by atoms with Crippen LogP contribution < -0.4 is 0 Å². The van der Waals surface area contributed by atoms with Crippen LogP contribution in [0, 0.1) is 0 Å². The first-order valence-electron chi connectivity index (χ1n) is 4.55. The van der Waals surface area contributed by atoms with Crippen LogP contribution in [0.5, 0.6) is 0 Å². The number of benzene rings is 1. The highest BCUT2D eigenvalue weighted by Crippen LogP contribution is 2.25. The first kappa shape index (κ1) is 10.5. The average molecular weight is 242 g/mol. The smallest absolute Gasteiger partial charge is 0.163 e. The summed E-state index contributed by atoms with van der Waals surface area (Å²) < 4.78 is 1.93. The molecule has 0 N–H and O–H groups in total. The molecule has 3 nitrogen and oxygen atoms in total. The largest absolute Gasteiger partial charge is 0.314 e. The lowest BCUT2D eigenvalue weighted by Gasteiger charge is -2.04. The van der Waals surface area contributed by atoms with Crippen molar-refractivity contribution in [3.63, 3.8) is 0 Å². The Hall–Kier alpha value is -1.06. The summed E-state index contributed by atoms with van der Waals surface area (Å²) in [4.78, 5) is 0. The SMILES string of the molecule is CCn1cnnc1-c1cc(Cl)cc(Cl)c1. The number of aryl methyl sites for hydroxylation is 1. The molecule has 0 aliphatic rings. The third-order valence-corrected chi connectivity index (χ3v) is 2.51. The fraction of sp³-hybridized carbons (Fsp3) is 0.200. The zero-order valence-electron chi connectivity index (χ0n) is 8.11. The fourth-order valence-electron chi connectivity index (χ4n) is 1.39. The van der Waals surface area contributed by atoms with Crippen LogP contribution in [0.3, 0.4) is 0 Å². The van der Waals surface area contributed by atoms with Gasteiger partial charge in [-0.3, -0.25) is 0 Å². The molecular weight excluding hydrogens is 233 g/mol. The zero-order valence-corrected chi connectivity index (χ0v) is 9.63. The van der Waals surface area contributed by atoms with Gasteiger partial charge in [0.25, 0.3) is 0 Å². The molecule has 0 atom stereocenters. The Labute approximate surface area is 97.7 Å². The molecule has 0 aliphatic heterocycles. The van der Waals surface area contributed by atoms with Crippen LogP contribution in [0.1, 0.15) is 6.92 Å². The molecule has 0 saturated carbocycles. The molecule has 15 heavy (non-hydrogen) atoms. The Morgan fingerprint density at radius 3 is 2.47 bits per heavy atom. The van der Waals surface area contributed by atoms with Crippen LogP contribution in [-0.4, -0.2) is 14.8 Å². The number of hydrogen-bond acceptors (Lipinski definition) is 2. The van der Waals surface area contributed by atoms with Crippen molar-refractivity contribution in [1.29, 1.82) is 0 Å². The van der Waals surface area contributed by atoms with Gasteiger partial charge in [-0.1, -0.05) is 23.2 Å². The number of halogens is 2. The van der Waals surface area contributed by atoms with Crippen molar-refractivity contribution in [2.45, 2.75) is 13.5 Å². The Kier molecular flexibility index (Phi) is 2.93. The van der Waals surface area contributed by atoms with E-state index >= 15 is 0 Å². The summed E-state index contributed by atoms with van der Waals surface area (Å²) in [5, 5.41) is 9.09. The van der Waals surface area contributed by atoms with Crippen LogP contribution in [0.2, 0.25) is 10.0 Å². The van der Waals surface area contributed by atoms with Gasteiger partial charge < -0.3 is 4.57 Å². The van der Waals surface area contributed by atoms with Gasteiger partial charge in [-0.2, -0.15) is 0 Å². The summed E-state index contributed by atoms with van der Waals surface area (Å²) in [5.74, 6) is 0.780. The van der Waals surface area contributed by atoms with Crippen LogP contribution in [-0.2, 0) is 6.54 Å². The summed E-state index contributed by atoms with van der Waals surface area (Å²) in [6.45, 7) is 2.84. The number of rotatable bonds is 2. The van der Waals surface area contributed by atoms with Crippen molar-refractivity contribution in [1.82, 2.24) is 14.8 Å². The Bertz CT molecular complexity index is 459. The van der Waals surface area contributed by atoms with E-state index in [0.29, 0.717) is 10.0 Å². The van der Waals surface area contributed by atoms with E-state index in [-0.39, 0.29) is 0 Å². The van der Waals surface area contributed by atoms with E-state index in [2.05, 4.69) is 10.2 Å². The van der Waals surface area contributed by atoms with Gasteiger partial charge in [-0.15, -0.1) is 10.2 Å². The van der Waals surface area contributed by atoms with E-state index in [1.165, 1.54) is 0 Å². The lowest BCUT2D eigenvalue weighted by atomic mass is 10.2. The maximum Gasteiger partial charge on any atom is 0.163 e. The first-order valence-corrected chi connectivity index (χ1v) is 5.30. The number of nitrogens with zero attached hydrogens (tertiary/aromatic N) is 3. The van der Waals surface area contributed by atoms with Crippen molar-refractivity contribution >= 4 is 23.2 Å². The fourth-order valence-corrected chi connectivity index (χ4v) is 1.92. The lowest BCUT2D eigenvalue weighted by molar-refractivity contribution is 0.767. The molecule has 0 amide bonds. The van der Waals surface area contributed by atoms with Crippen molar-refractivity contribution in [2.24, 2.45) is 0 Å². The minimum atomic E-state index is 0.600. The molecule has 0 bridgehead atoms. The summed E-state index contributed by atoms with van der Waals surface area (Å²) in [5.41, 5.74) is 0.881. The van der Waals surface area contributed by atoms with E-state index in [9.17, 15) is 0 Å². The molecule has 1 aromatic carbocycles. The van der Waals surface area contributed by atoms with Gasteiger partial charge in [0, 0.05) is 22.2 Å². The molecule has 2 aromatic rings. The van der Waals surface area contributed by atoms with Gasteiger partial charge >= 0.3 is 0 Å². The summed E-state index contributed by atoms with van der Waals surface area (Å²) in [6, 6.07) is 5.34. The van der Waals surface area contributed by atoms with Crippen LogP contribution in [0.4, 0.5) is 0 Å². The lowest BCUT2D eigenvalue weighted by Crippen LogP contribution is -1.95. The monoisotopic (exact) mass is 241 g/mol. The van der Waals surface area contributed by atoms with E-state index in [4.69, 9.17) is 23.2 Å². The molecule has 1 heterocycles. The molecule has 0 unspecified atom stereocenters. The first-order chi connectivity index (χ1) is 7.20. The van der Waals surface area contributed by atoms with Gasteiger partial charge in [-0.25, -0.2) is 0 Å². The second-order valence-corrected chi connectivity index (χ2v) is 3.97. The van der Waals surface area contributed by atoms with Gasteiger partial charge in [0.15, 0.2) is 5.82 Å². The second kappa shape index (κ2) is 4.21. The van der Waals surface area contributed by atoms with Gasteiger partial charge in [0.1, 0.15) is 6.33 Å². The molecule has 0 spiro atoms. The number of hydrogen-bond donors (Lipinski definition) is 0. The molecular formula is C10H9Cl2N3. The molecule has 0 radical (unpaired) electrons. The summed E-state index contributed by atoms with van der Waals surface area (Å²) in [7, 11) is 0. The Morgan fingerprint density at radius 2 is 1.87 bits per heavy atom. The minimum Gasteiger partial charge on any atom is -0.314 e. The molecule has 5 heteroatoms. The van der Waals surface area contributed by atoms with Crippen molar-refractivity contribution in [3.8, 4) is 11.4 Å². The highest BCUT2D eigenvalue weighted by atomic mass is 35.5. The highest BCUT2D eigenvalue weighted by Gasteiger charge is 2.07. The summed E-state index contributed by atoms with van der Waals surface area (Å²) >= 11 is 11.8. The second-order valence-electron chi connectivity index (χ2n) is 3.10.